The first-order chi connectivity index (χ1) is 17.1. The molecule has 0 saturated heterocycles. The third kappa shape index (κ3) is 4.79. The molecule has 0 bridgehead atoms. The number of carbonyl (C=O) groups is 1. The maximum Gasteiger partial charge on any atom is 0.261 e. The number of hydrogen-bond donors (Lipinski definition) is 0. The van der Waals surface area contributed by atoms with E-state index in [4.69, 9.17) is 4.98 Å². The van der Waals surface area contributed by atoms with E-state index in [9.17, 15) is 9.59 Å². The van der Waals surface area contributed by atoms with Crippen molar-refractivity contribution in [3.63, 3.8) is 0 Å². The van der Waals surface area contributed by atoms with Gasteiger partial charge in [-0.25, -0.2) is 4.98 Å². The molecule has 0 fully saturated rings. The van der Waals surface area contributed by atoms with E-state index in [1.54, 1.807) is 27.7 Å². The number of para-hydroxylation sites is 2. The van der Waals surface area contributed by atoms with Gasteiger partial charge in [0.25, 0.3) is 11.5 Å². The summed E-state index contributed by atoms with van der Waals surface area (Å²) < 4.78 is 2.57. The van der Waals surface area contributed by atoms with E-state index in [1.807, 2.05) is 91.0 Å². The molecule has 0 atom stereocenters. The Morgan fingerprint density at radius 1 is 0.800 bits per heavy atom. The van der Waals surface area contributed by atoms with Crippen LogP contribution in [0.3, 0.4) is 0 Å². The predicted molar refractivity (Wildman–Crippen MR) is 144 cm³/mol. The molecule has 0 N–H and O–H groups in total. The van der Waals surface area contributed by atoms with Gasteiger partial charge in [-0.2, -0.15) is 0 Å². The Bertz CT molecular complexity index is 1530. The van der Waals surface area contributed by atoms with Gasteiger partial charge in [-0.15, -0.1) is 0 Å². The summed E-state index contributed by atoms with van der Waals surface area (Å²) in [5, 5.41) is 0.553. The maximum atomic E-state index is 13.6. The minimum absolute atomic E-state index is 0.126. The normalized spacial score (nSPS) is 10.9. The van der Waals surface area contributed by atoms with Crippen LogP contribution in [-0.2, 0) is 6.54 Å². The molecule has 0 aliphatic carbocycles. The third-order valence-electron chi connectivity index (χ3n) is 5.85. The zero-order chi connectivity index (χ0) is 24.2. The Kier molecular flexibility index (Phi) is 6.55. The van der Waals surface area contributed by atoms with Gasteiger partial charge < -0.3 is 4.90 Å². The van der Waals surface area contributed by atoms with Crippen molar-refractivity contribution in [2.24, 2.45) is 0 Å². The minimum Gasteiger partial charge on any atom is -0.307 e. The average molecular weight is 524 g/mol. The van der Waals surface area contributed by atoms with Crippen molar-refractivity contribution in [1.29, 1.82) is 0 Å². The smallest absolute Gasteiger partial charge is 0.261 e. The first-order valence-electron chi connectivity index (χ1n) is 11.3. The summed E-state index contributed by atoms with van der Waals surface area (Å²) in [6.45, 7) is 0.594. The number of anilines is 1. The molecule has 172 valence electrons. The fraction of sp³-hybridized carbons (Fsp3) is 0.0690. The van der Waals surface area contributed by atoms with E-state index in [2.05, 4.69) is 15.9 Å². The van der Waals surface area contributed by atoms with Gasteiger partial charge in [-0.05, 0) is 48.5 Å². The molecule has 0 aliphatic heterocycles. The molecule has 0 spiro atoms. The van der Waals surface area contributed by atoms with Crippen molar-refractivity contribution in [3.05, 3.63) is 130 Å². The van der Waals surface area contributed by atoms with Crippen LogP contribution in [0.4, 0.5) is 5.69 Å². The molecule has 0 radical (unpaired) electrons. The van der Waals surface area contributed by atoms with Crippen LogP contribution in [0.15, 0.2) is 118 Å². The summed E-state index contributed by atoms with van der Waals surface area (Å²) in [7, 11) is 0. The summed E-state index contributed by atoms with van der Waals surface area (Å²) >= 11 is 3.43. The minimum atomic E-state index is -0.133. The van der Waals surface area contributed by atoms with E-state index < -0.39 is 0 Å². The number of rotatable bonds is 6. The highest BCUT2D eigenvalue weighted by atomic mass is 79.9. The van der Waals surface area contributed by atoms with E-state index in [1.165, 1.54) is 0 Å². The highest BCUT2D eigenvalue weighted by Gasteiger charge is 2.20. The molecule has 1 aromatic heterocycles. The molecule has 0 unspecified atom stereocenters. The van der Waals surface area contributed by atoms with Crippen molar-refractivity contribution < 1.29 is 4.79 Å². The number of benzene rings is 4. The van der Waals surface area contributed by atoms with Crippen LogP contribution in [0.1, 0.15) is 10.4 Å². The molecular formula is C29H22BrN3O2. The van der Waals surface area contributed by atoms with Crippen LogP contribution < -0.4 is 10.5 Å². The molecule has 6 heteroatoms. The number of amides is 1. The Hall–Kier alpha value is -4.03. The maximum absolute atomic E-state index is 13.6. The van der Waals surface area contributed by atoms with Gasteiger partial charge in [0, 0.05) is 34.4 Å². The van der Waals surface area contributed by atoms with Crippen molar-refractivity contribution >= 4 is 38.4 Å². The topological polar surface area (TPSA) is 55.2 Å². The van der Waals surface area contributed by atoms with E-state index in [-0.39, 0.29) is 18.0 Å². The second-order valence-corrected chi connectivity index (χ2v) is 8.99. The summed E-state index contributed by atoms with van der Waals surface area (Å²) in [5.41, 5.74) is 2.71. The average Bonchev–Trinajstić information content (AvgIpc) is 2.91. The molecule has 0 aliphatic rings. The van der Waals surface area contributed by atoms with Gasteiger partial charge in [0.2, 0.25) is 0 Å². The zero-order valence-corrected chi connectivity index (χ0v) is 20.4. The van der Waals surface area contributed by atoms with Gasteiger partial charge in [0.05, 0.1) is 10.9 Å². The first kappa shape index (κ1) is 22.7. The van der Waals surface area contributed by atoms with Gasteiger partial charge in [-0.1, -0.05) is 76.6 Å². The van der Waals surface area contributed by atoms with Crippen LogP contribution in [0, 0.1) is 0 Å². The number of hydrogen-bond acceptors (Lipinski definition) is 3. The first-order valence-corrected chi connectivity index (χ1v) is 12.1. The summed E-state index contributed by atoms with van der Waals surface area (Å²) in [6, 6.07) is 33.8. The fourth-order valence-electron chi connectivity index (χ4n) is 4.09. The van der Waals surface area contributed by atoms with Crippen molar-refractivity contribution in [2.45, 2.75) is 6.54 Å². The predicted octanol–water partition coefficient (Wildman–Crippen LogP) is 6.17. The highest BCUT2D eigenvalue weighted by Crippen LogP contribution is 2.21. The molecule has 5 rings (SSSR count). The second kappa shape index (κ2) is 10.1. The Morgan fingerprint density at radius 2 is 1.43 bits per heavy atom. The van der Waals surface area contributed by atoms with Crippen molar-refractivity contribution in [2.75, 3.05) is 11.4 Å². The summed E-state index contributed by atoms with van der Waals surface area (Å²) in [4.78, 5) is 33.6. The highest BCUT2D eigenvalue weighted by molar-refractivity contribution is 9.10. The second-order valence-electron chi connectivity index (χ2n) is 8.07. The van der Waals surface area contributed by atoms with E-state index in [0.717, 1.165) is 15.7 Å². The number of fused-ring (bicyclic) bond motifs is 1. The fourth-order valence-corrected chi connectivity index (χ4v) is 4.35. The van der Waals surface area contributed by atoms with E-state index >= 15 is 0 Å². The quantitative estimate of drug-likeness (QED) is 0.267. The number of nitrogens with zero attached hydrogens (tertiary/aromatic N) is 3. The zero-order valence-electron chi connectivity index (χ0n) is 18.8. The Balaban J connectivity index is 1.57. The van der Waals surface area contributed by atoms with Gasteiger partial charge in [-0.3, -0.25) is 14.2 Å². The van der Waals surface area contributed by atoms with Crippen LogP contribution >= 0.6 is 15.9 Å². The Labute approximate surface area is 211 Å². The summed E-state index contributed by atoms with van der Waals surface area (Å²) in [6.07, 6.45) is 0. The lowest BCUT2D eigenvalue weighted by molar-refractivity contribution is 0.0986. The number of carbonyl (C=O) groups excluding carboxylic acids is 1. The molecule has 4 aromatic carbocycles. The molecule has 5 nitrogen and oxygen atoms in total. The lowest BCUT2D eigenvalue weighted by Gasteiger charge is -2.24. The van der Waals surface area contributed by atoms with Gasteiger partial charge in [0.1, 0.15) is 5.82 Å². The van der Waals surface area contributed by atoms with E-state index in [0.29, 0.717) is 28.8 Å². The monoisotopic (exact) mass is 523 g/mol. The van der Waals surface area contributed by atoms with Crippen LogP contribution in [0.2, 0.25) is 0 Å². The molecule has 0 saturated carbocycles. The lowest BCUT2D eigenvalue weighted by Crippen LogP contribution is -2.36. The van der Waals surface area contributed by atoms with Crippen molar-refractivity contribution in [3.8, 4) is 11.4 Å². The number of halogens is 1. The van der Waals surface area contributed by atoms with Gasteiger partial charge in [0.15, 0.2) is 0 Å². The third-order valence-corrected chi connectivity index (χ3v) is 6.37. The van der Waals surface area contributed by atoms with Crippen LogP contribution in [-0.4, -0.2) is 22.0 Å². The van der Waals surface area contributed by atoms with Crippen molar-refractivity contribution in [1.82, 2.24) is 9.55 Å². The number of aromatic nitrogens is 2. The lowest BCUT2D eigenvalue weighted by atomic mass is 10.1. The molecule has 1 heterocycles. The molecule has 1 amide bonds. The molecular weight excluding hydrogens is 502 g/mol. The molecule has 5 aromatic rings. The standard InChI is InChI=1S/C29H22BrN3O2/c30-23-17-15-22(16-18-23)28(34)32(24-11-5-2-6-12-24)19-20-33-27(21-9-3-1-4-10-21)31-26-14-8-7-13-25(26)29(33)35/h1-18H,19-20H2. The largest absolute Gasteiger partial charge is 0.307 e. The molecule has 35 heavy (non-hydrogen) atoms. The van der Waals surface area contributed by atoms with Gasteiger partial charge >= 0.3 is 0 Å². The van der Waals surface area contributed by atoms with Crippen LogP contribution in [0.25, 0.3) is 22.3 Å². The SMILES string of the molecule is O=C(c1ccc(Br)cc1)N(CCn1c(-c2ccccc2)nc2ccccc2c1=O)c1ccccc1. The van der Waals surface area contributed by atoms with Crippen LogP contribution in [0.5, 0.6) is 0 Å². The Morgan fingerprint density at radius 3 is 2.14 bits per heavy atom. The summed E-state index contributed by atoms with van der Waals surface area (Å²) in [5.74, 6) is 0.449.